The lowest BCUT2D eigenvalue weighted by Gasteiger charge is -2.37. The van der Waals surface area contributed by atoms with Crippen LogP contribution in [0.4, 0.5) is 9.59 Å². The van der Waals surface area contributed by atoms with Crippen LogP contribution in [0.15, 0.2) is 23.1 Å². The fraction of sp³-hybridized carbons (Fsp3) is 0.550. The molecule has 1 rings (SSSR count). The van der Waals surface area contributed by atoms with Crippen LogP contribution in [-0.2, 0) is 4.74 Å². The fourth-order valence-corrected chi connectivity index (χ4v) is 3.77. The maximum Gasteiger partial charge on any atom is 0.445 e. The third-order valence-corrected chi connectivity index (χ3v) is 6.29. The number of amidine groups is 1. The van der Waals surface area contributed by atoms with Crippen molar-refractivity contribution in [2.75, 3.05) is 13.1 Å². The van der Waals surface area contributed by atoms with Crippen LogP contribution in [0.5, 0.6) is 0 Å². The molecule has 4 amide bonds. The van der Waals surface area contributed by atoms with Crippen molar-refractivity contribution in [1.29, 1.82) is 5.41 Å². The van der Waals surface area contributed by atoms with E-state index in [1.165, 1.54) is 4.90 Å². The van der Waals surface area contributed by atoms with Crippen molar-refractivity contribution in [3.8, 4) is 0 Å². The number of amides is 4. The molecule has 0 aliphatic carbocycles. The minimum absolute atomic E-state index is 0.311. The van der Waals surface area contributed by atoms with Crippen molar-refractivity contribution in [2.24, 2.45) is 0 Å². The lowest BCUT2D eigenvalue weighted by atomic mass is 10.2. The van der Waals surface area contributed by atoms with E-state index in [1.54, 1.807) is 39.0 Å². The SMILES string of the molecule is CCC(C)OC(=N)[N+](C(=O)NSc1ccc(Cl)c(Cl)c1)(C(=O)N(CC)CC)C(C)C. The van der Waals surface area contributed by atoms with Crippen LogP contribution in [0.25, 0.3) is 0 Å². The Labute approximate surface area is 193 Å². The van der Waals surface area contributed by atoms with E-state index in [0.717, 1.165) is 11.9 Å². The predicted octanol–water partition coefficient (Wildman–Crippen LogP) is 6.15. The van der Waals surface area contributed by atoms with Gasteiger partial charge in [0, 0.05) is 18.0 Å². The van der Waals surface area contributed by atoms with Gasteiger partial charge in [-0.2, -0.15) is 0 Å². The number of carbonyl (C=O) groups excluding carboxylic acids is 2. The molecule has 0 aliphatic heterocycles. The van der Waals surface area contributed by atoms with Crippen LogP contribution in [0.2, 0.25) is 10.0 Å². The van der Waals surface area contributed by atoms with Crippen molar-refractivity contribution in [1.82, 2.24) is 9.62 Å². The molecule has 1 aromatic carbocycles. The molecule has 0 radical (unpaired) electrons. The van der Waals surface area contributed by atoms with E-state index in [9.17, 15) is 9.59 Å². The number of benzene rings is 1. The number of quaternary nitrogens is 1. The first-order valence-electron chi connectivity index (χ1n) is 9.92. The van der Waals surface area contributed by atoms with Gasteiger partial charge in [0.25, 0.3) is 0 Å². The molecule has 7 nitrogen and oxygen atoms in total. The molecule has 10 heteroatoms. The van der Waals surface area contributed by atoms with E-state index >= 15 is 0 Å². The largest absolute Gasteiger partial charge is 0.445 e. The molecule has 168 valence electrons. The highest BCUT2D eigenvalue weighted by molar-refractivity contribution is 7.98. The van der Waals surface area contributed by atoms with Crippen LogP contribution in [0, 0.1) is 5.41 Å². The van der Waals surface area contributed by atoms with Crippen molar-refractivity contribution >= 4 is 53.2 Å². The summed E-state index contributed by atoms with van der Waals surface area (Å²) in [6.07, 6.45) is 0.327. The van der Waals surface area contributed by atoms with E-state index in [2.05, 4.69) is 4.72 Å². The average molecular weight is 478 g/mol. The number of rotatable bonds is 7. The number of carbonyl (C=O) groups is 2. The Balaban J connectivity index is 3.33. The molecule has 2 atom stereocenters. The summed E-state index contributed by atoms with van der Waals surface area (Å²) < 4.78 is 7.50. The molecule has 30 heavy (non-hydrogen) atoms. The van der Waals surface area contributed by atoms with E-state index in [0.29, 0.717) is 34.5 Å². The number of halogens is 2. The van der Waals surface area contributed by atoms with Crippen molar-refractivity contribution in [2.45, 2.75) is 65.0 Å². The van der Waals surface area contributed by atoms with Gasteiger partial charge in [-0.3, -0.25) is 4.90 Å². The molecule has 0 saturated carbocycles. The zero-order chi connectivity index (χ0) is 23.1. The summed E-state index contributed by atoms with van der Waals surface area (Å²) in [5, 5.41) is 9.36. The highest BCUT2D eigenvalue weighted by Crippen LogP contribution is 2.28. The summed E-state index contributed by atoms with van der Waals surface area (Å²) in [4.78, 5) is 29.1. The van der Waals surface area contributed by atoms with Crippen LogP contribution in [0.1, 0.15) is 48.0 Å². The Morgan fingerprint density at radius 3 is 2.23 bits per heavy atom. The van der Waals surface area contributed by atoms with Gasteiger partial charge in [0.1, 0.15) is 12.1 Å². The van der Waals surface area contributed by atoms with Gasteiger partial charge in [0.15, 0.2) is 0 Å². The minimum Gasteiger partial charge on any atom is -0.433 e. The van der Waals surface area contributed by atoms with Gasteiger partial charge in [-0.05, 0) is 71.2 Å². The Morgan fingerprint density at radius 2 is 1.77 bits per heavy atom. The quantitative estimate of drug-likeness (QED) is 0.213. The summed E-state index contributed by atoms with van der Waals surface area (Å²) in [7, 11) is 0. The normalized spacial score (nSPS) is 14.0. The van der Waals surface area contributed by atoms with Gasteiger partial charge in [-0.25, -0.2) is 19.7 Å². The van der Waals surface area contributed by atoms with Crippen LogP contribution < -0.4 is 4.72 Å². The highest BCUT2D eigenvalue weighted by Gasteiger charge is 2.56. The maximum absolute atomic E-state index is 13.5. The molecule has 0 aromatic heterocycles. The summed E-state index contributed by atoms with van der Waals surface area (Å²) in [5.41, 5.74) is 0. The van der Waals surface area contributed by atoms with Crippen LogP contribution in [0.3, 0.4) is 0 Å². The van der Waals surface area contributed by atoms with Crippen molar-refractivity contribution in [3.63, 3.8) is 0 Å². The molecule has 2 unspecified atom stereocenters. The highest BCUT2D eigenvalue weighted by atomic mass is 35.5. The number of nitrogens with zero attached hydrogens (tertiary/aromatic N) is 2. The second-order valence-electron chi connectivity index (χ2n) is 7.00. The Hall–Kier alpha value is -1.48. The average Bonchev–Trinajstić information content (AvgIpc) is 2.69. The molecule has 0 heterocycles. The van der Waals surface area contributed by atoms with E-state index in [-0.39, 0.29) is 6.10 Å². The Morgan fingerprint density at radius 1 is 1.17 bits per heavy atom. The van der Waals surface area contributed by atoms with Gasteiger partial charge >= 0.3 is 18.1 Å². The van der Waals surface area contributed by atoms with Gasteiger partial charge in [-0.15, -0.1) is 0 Å². The second-order valence-corrected chi connectivity index (χ2v) is 8.69. The van der Waals surface area contributed by atoms with Gasteiger partial charge < -0.3 is 4.74 Å². The molecule has 0 fully saturated rings. The first-order chi connectivity index (χ1) is 14.1. The molecular formula is C20H31Cl2N4O3S+. The van der Waals surface area contributed by atoms with Crippen LogP contribution in [-0.4, -0.2) is 52.7 Å². The zero-order valence-corrected chi connectivity index (χ0v) is 20.6. The number of ether oxygens (including phenoxy) is 1. The molecular weight excluding hydrogens is 447 g/mol. The number of imide groups is 1. The topological polar surface area (TPSA) is 82.5 Å². The predicted molar refractivity (Wildman–Crippen MR) is 123 cm³/mol. The van der Waals surface area contributed by atoms with Gasteiger partial charge in [-0.1, -0.05) is 34.6 Å². The number of hydrogen-bond donors (Lipinski definition) is 2. The lowest BCUT2D eigenvalue weighted by molar-refractivity contribution is -0.714. The third-order valence-electron chi connectivity index (χ3n) is 4.79. The second kappa shape index (κ2) is 11.8. The summed E-state index contributed by atoms with van der Waals surface area (Å²) in [5.74, 6) is 0. The van der Waals surface area contributed by atoms with Crippen molar-refractivity contribution < 1.29 is 18.8 Å². The van der Waals surface area contributed by atoms with E-state index in [1.807, 2.05) is 20.8 Å². The van der Waals surface area contributed by atoms with E-state index in [4.69, 9.17) is 33.3 Å². The Bertz CT molecular complexity index is 774. The number of hydrogen-bond acceptors (Lipinski definition) is 5. The van der Waals surface area contributed by atoms with Gasteiger partial charge in [0.2, 0.25) is 0 Å². The summed E-state index contributed by atoms with van der Waals surface area (Å²) in [6.45, 7) is 11.6. The molecule has 1 aromatic rings. The lowest BCUT2D eigenvalue weighted by Crippen LogP contribution is -2.70. The van der Waals surface area contributed by atoms with Crippen LogP contribution >= 0.6 is 35.1 Å². The first-order valence-corrected chi connectivity index (χ1v) is 11.5. The van der Waals surface area contributed by atoms with Gasteiger partial charge in [0.05, 0.1) is 10.0 Å². The molecule has 0 saturated heterocycles. The monoisotopic (exact) mass is 477 g/mol. The standard InChI is InChI=1S/C20H30Cl2N4O3S/c1-7-14(6)29-18(23)26(13(4)5,20(28)25(8-2)9-3)19(27)24-30-15-10-11-16(21)17(22)12-15/h10-14,23H,7-9H2,1-6H3/p+1. The third kappa shape index (κ3) is 5.81. The smallest absolute Gasteiger partial charge is 0.433 e. The summed E-state index contributed by atoms with van der Waals surface area (Å²) >= 11 is 13.0. The fourth-order valence-electron chi connectivity index (χ4n) is 2.75. The zero-order valence-electron chi connectivity index (χ0n) is 18.3. The maximum atomic E-state index is 13.5. The molecule has 2 N–H and O–H groups in total. The number of nitrogens with one attached hydrogen (secondary N) is 2. The molecule has 0 aliphatic rings. The Kier molecular flexibility index (Phi) is 10.4. The van der Waals surface area contributed by atoms with Crippen molar-refractivity contribution in [3.05, 3.63) is 28.2 Å². The van der Waals surface area contributed by atoms with E-state index < -0.39 is 28.6 Å². The number of urea groups is 2. The summed E-state index contributed by atoms with van der Waals surface area (Å²) in [6, 6.07) is 2.81. The molecule has 0 spiro atoms. The molecule has 0 bridgehead atoms. The minimum atomic E-state index is -0.902. The first kappa shape index (κ1) is 26.6.